The third kappa shape index (κ3) is 3.70. The zero-order valence-corrected chi connectivity index (χ0v) is 15.2. The molecule has 0 bridgehead atoms. The average molecular weight is 361 g/mol. The van der Waals surface area contributed by atoms with Crippen molar-refractivity contribution in [3.05, 3.63) is 47.9 Å². The second kappa shape index (κ2) is 6.90. The summed E-state index contributed by atoms with van der Waals surface area (Å²) >= 11 is 6.18. The van der Waals surface area contributed by atoms with Gasteiger partial charge in [0, 0.05) is 23.0 Å². The molecule has 1 N–H and O–H groups in total. The maximum Gasteiger partial charge on any atom is 0.128 e. The van der Waals surface area contributed by atoms with Crippen LogP contribution in [0.1, 0.15) is 20.3 Å². The van der Waals surface area contributed by atoms with Gasteiger partial charge < -0.3 is 9.84 Å². The molecule has 7 heteroatoms. The van der Waals surface area contributed by atoms with Crippen LogP contribution in [0.4, 0.5) is 0 Å². The number of methoxy groups -OCH3 is 1. The standard InChI is InChI=1S/C18H21ClN4O2/c1-4-18(2,24)12-22-11-15(23-9-5-8-20-23)17(21-22)14-10-13(19)6-7-16(14)25-3/h5-11,24H,4,12H2,1-3H3/t18-/m0/s1. The number of hydrogen-bond donors (Lipinski definition) is 1. The predicted octanol–water partition coefficient (Wildman–Crippen LogP) is 3.56. The van der Waals surface area contributed by atoms with Crippen molar-refractivity contribution in [2.75, 3.05) is 7.11 Å². The molecule has 0 saturated heterocycles. The van der Waals surface area contributed by atoms with Crippen molar-refractivity contribution < 1.29 is 9.84 Å². The number of nitrogens with zero attached hydrogens (tertiary/aromatic N) is 4. The van der Waals surface area contributed by atoms with E-state index in [0.29, 0.717) is 29.4 Å². The van der Waals surface area contributed by atoms with Crippen molar-refractivity contribution >= 4 is 11.6 Å². The molecule has 3 aromatic rings. The van der Waals surface area contributed by atoms with Crippen LogP contribution in [0.15, 0.2) is 42.9 Å². The maximum atomic E-state index is 10.4. The molecule has 0 saturated carbocycles. The molecule has 0 radical (unpaired) electrons. The van der Waals surface area contributed by atoms with Gasteiger partial charge in [0.25, 0.3) is 0 Å². The Morgan fingerprint density at radius 2 is 2.16 bits per heavy atom. The highest BCUT2D eigenvalue weighted by Crippen LogP contribution is 2.35. The quantitative estimate of drug-likeness (QED) is 0.730. The van der Waals surface area contributed by atoms with E-state index in [1.54, 1.807) is 35.7 Å². The summed E-state index contributed by atoms with van der Waals surface area (Å²) in [5.74, 6) is 0.672. The Bertz CT molecular complexity index is 856. The zero-order chi connectivity index (χ0) is 18.0. The Kier molecular flexibility index (Phi) is 4.83. The molecule has 0 aliphatic rings. The molecule has 3 rings (SSSR count). The number of ether oxygens (including phenoxy) is 1. The summed E-state index contributed by atoms with van der Waals surface area (Å²) in [6.07, 6.45) is 6.05. The van der Waals surface area contributed by atoms with Crippen LogP contribution in [0.25, 0.3) is 16.9 Å². The molecule has 0 spiro atoms. The molecule has 1 atom stereocenters. The molecule has 0 amide bonds. The van der Waals surface area contributed by atoms with Crippen molar-refractivity contribution in [1.82, 2.24) is 19.6 Å². The Morgan fingerprint density at radius 1 is 1.36 bits per heavy atom. The van der Waals surface area contributed by atoms with E-state index in [9.17, 15) is 5.11 Å². The SMILES string of the molecule is CC[C@](C)(O)Cn1cc(-n2cccn2)c(-c2cc(Cl)ccc2OC)n1. The van der Waals surface area contributed by atoms with Gasteiger partial charge in [-0.05, 0) is 37.6 Å². The first-order valence-corrected chi connectivity index (χ1v) is 8.45. The van der Waals surface area contributed by atoms with E-state index in [1.807, 2.05) is 37.5 Å². The van der Waals surface area contributed by atoms with E-state index in [0.717, 1.165) is 11.3 Å². The highest BCUT2D eigenvalue weighted by atomic mass is 35.5. The fourth-order valence-corrected chi connectivity index (χ4v) is 2.76. The molecule has 0 unspecified atom stereocenters. The second-order valence-corrected chi connectivity index (χ2v) is 6.64. The van der Waals surface area contributed by atoms with Crippen molar-refractivity contribution in [3.8, 4) is 22.7 Å². The molecule has 6 nitrogen and oxygen atoms in total. The predicted molar refractivity (Wildman–Crippen MR) is 97.3 cm³/mol. The summed E-state index contributed by atoms with van der Waals surface area (Å²) in [4.78, 5) is 0. The molecule has 25 heavy (non-hydrogen) atoms. The number of halogens is 1. The normalized spacial score (nSPS) is 13.6. The van der Waals surface area contributed by atoms with Gasteiger partial charge in [-0.3, -0.25) is 4.68 Å². The minimum atomic E-state index is -0.844. The number of aliphatic hydroxyl groups is 1. The first-order chi connectivity index (χ1) is 11.9. The minimum absolute atomic E-state index is 0.376. The summed E-state index contributed by atoms with van der Waals surface area (Å²) < 4.78 is 8.94. The number of benzene rings is 1. The van der Waals surface area contributed by atoms with Crippen molar-refractivity contribution in [3.63, 3.8) is 0 Å². The van der Waals surface area contributed by atoms with E-state index in [2.05, 4.69) is 10.2 Å². The first-order valence-electron chi connectivity index (χ1n) is 8.07. The average Bonchev–Trinajstić information content (AvgIpc) is 3.23. The van der Waals surface area contributed by atoms with Crippen LogP contribution in [0, 0.1) is 0 Å². The Labute approximate surface area is 151 Å². The molecule has 2 aromatic heterocycles. The first kappa shape index (κ1) is 17.5. The van der Waals surface area contributed by atoms with Crippen LogP contribution >= 0.6 is 11.6 Å². The molecule has 0 aliphatic heterocycles. The lowest BCUT2D eigenvalue weighted by atomic mass is 10.0. The summed E-state index contributed by atoms with van der Waals surface area (Å²) in [7, 11) is 1.61. The van der Waals surface area contributed by atoms with Crippen LogP contribution in [0.5, 0.6) is 5.75 Å². The van der Waals surface area contributed by atoms with Crippen LogP contribution in [0.2, 0.25) is 5.02 Å². The number of rotatable bonds is 6. The van der Waals surface area contributed by atoms with E-state index in [4.69, 9.17) is 16.3 Å². The van der Waals surface area contributed by atoms with Gasteiger partial charge in [-0.2, -0.15) is 10.2 Å². The number of hydrogen-bond acceptors (Lipinski definition) is 4. The van der Waals surface area contributed by atoms with Crippen molar-refractivity contribution in [2.45, 2.75) is 32.4 Å². The smallest absolute Gasteiger partial charge is 0.128 e. The van der Waals surface area contributed by atoms with Gasteiger partial charge in [0.05, 0.1) is 25.5 Å². The number of aromatic nitrogens is 4. The van der Waals surface area contributed by atoms with E-state index < -0.39 is 5.60 Å². The molecule has 132 valence electrons. The van der Waals surface area contributed by atoms with Crippen molar-refractivity contribution in [1.29, 1.82) is 0 Å². The zero-order valence-electron chi connectivity index (χ0n) is 14.5. The summed E-state index contributed by atoms with van der Waals surface area (Å²) in [5, 5.41) is 20.0. The minimum Gasteiger partial charge on any atom is -0.496 e. The molecule has 2 heterocycles. The van der Waals surface area contributed by atoms with Crippen molar-refractivity contribution in [2.24, 2.45) is 0 Å². The van der Waals surface area contributed by atoms with Gasteiger partial charge >= 0.3 is 0 Å². The maximum absolute atomic E-state index is 10.4. The largest absolute Gasteiger partial charge is 0.496 e. The Balaban J connectivity index is 2.15. The van der Waals surface area contributed by atoms with Gasteiger partial charge in [-0.25, -0.2) is 4.68 Å². The molecular formula is C18H21ClN4O2. The summed E-state index contributed by atoms with van der Waals surface area (Å²) in [6, 6.07) is 7.25. The highest BCUT2D eigenvalue weighted by molar-refractivity contribution is 6.31. The topological polar surface area (TPSA) is 65.1 Å². The molecule has 1 aromatic carbocycles. The van der Waals surface area contributed by atoms with Crippen LogP contribution < -0.4 is 4.74 Å². The Morgan fingerprint density at radius 3 is 2.80 bits per heavy atom. The van der Waals surface area contributed by atoms with Gasteiger partial charge in [-0.15, -0.1) is 0 Å². The summed E-state index contributed by atoms with van der Waals surface area (Å²) in [5.41, 5.74) is 1.41. The molecular weight excluding hydrogens is 340 g/mol. The fourth-order valence-electron chi connectivity index (χ4n) is 2.59. The van der Waals surface area contributed by atoms with E-state index in [-0.39, 0.29) is 0 Å². The van der Waals surface area contributed by atoms with Gasteiger partial charge in [0.15, 0.2) is 0 Å². The lowest BCUT2D eigenvalue weighted by molar-refractivity contribution is 0.0346. The van der Waals surface area contributed by atoms with E-state index in [1.165, 1.54) is 0 Å². The van der Waals surface area contributed by atoms with Crippen LogP contribution in [-0.4, -0.2) is 37.4 Å². The Hall–Kier alpha value is -2.31. The monoisotopic (exact) mass is 360 g/mol. The second-order valence-electron chi connectivity index (χ2n) is 6.21. The fraction of sp³-hybridized carbons (Fsp3) is 0.333. The van der Waals surface area contributed by atoms with Gasteiger partial charge in [0.2, 0.25) is 0 Å². The van der Waals surface area contributed by atoms with E-state index >= 15 is 0 Å². The van der Waals surface area contributed by atoms with Crippen LogP contribution in [0.3, 0.4) is 0 Å². The summed E-state index contributed by atoms with van der Waals surface area (Å²) in [6.45, 7) is 4.11. The lowest BCUT2D eigenvalue weighted by Crippen LogP contribution is -2.29. The lowest BCUT2D eigenvalue weighted by Gasteiger charge is -2.20. The van der Waals surface area contributed by atoms with Gasteiger partial charge in [-0.1, -0.05) is 18.5 Å². The van der Waals surface area contributed by atoms with Gasteiger partial charge in [0.1, 0.15) is 17.1 Å². The molecule has 0 aliphatic carbocycles. The van der Waals surface area contributed by atoms with Crippen LogP contribution in [-0.2, 0) is 6.54 Å². The third-order valence-corrected chi connectivity index (χ3v) is 4.41. The highest BCUT2D eigenvalue weighted by Gasteiger charge is 2.22. The molecule has 0 fully saturated rings. The third-order valence-electron chi connectivity index (χ3n) is 4.17.